The van der Waals surface area contributed by atoms with Gasteiger partial charge in [0.15, 0.2) is 0 Å². The second-order valence-electron chi connectivity index (χ2n) is 8.86. The fourth-order valence-corrected chi connectivity index (χ4v) is 4.30. The van der Waals surface area contributed by atoms with E-state index in [-0.39, 0.29) is 5.69 Å². The van der Waals surface area contributed by atoms with Crippen molar-refractivity contribution in [2.75, 3.05) is 0 Å². The third-order valence-corrected chi connectivity index (χ3v) is 6.30. The van der Waals surface area contributed by atoms with Crippen molar-refractivity contribution < 1.29 is 0 Å². The predicted molar refractivity (Wildman–Crippen MR) is 139 cm³/mol. The highest BCUT2D eigenvalue weighted by molar-refractivity contribution is 5.70. The maximum absolute atomic E-state index is 13.3. The number of hydrogen-bond donors (Lipinski definition) is 1. The molecule has 0 aliphatic rings. The van der Waals surface area contributed by atoms with E-state index in [0.29, 0.717) is 18.9 Å². The maximum atomic E-state index is 13.3. The lowest BCUT2D eigenvalue weighted by atomic mass is 10.0. The number of aryl methyl sites for hydroxylation is 3. The number of unbranched alkanes of at least 4 members (excludes halogenated alkanes) is 1. The summed E-state index contributed by atoms with van der Waals surface area (Å²) in [6.45, 7) is 3.23. The van der Waals surface area contributed by atoms with Gasteiger partial charge in [0.05, 0.1) is 13.1 Å². The summed E-state index contributed by atoms with van der Waals surface area (Å²) >= 11 is 0. The Morgan fingerprint density at radius 3 is 2.39 bits per heavy atom. The summed E-state index contributed by atoms with van der Waals surface area (Å²) in [6, 6.07) is 26.6. The second-order valence-corrected chi connectivity index (χ2v) is 8.86. The molecule has 0 amide bonds. The normalized spacial score (nSPS) is 11.1. The first-order valence-electron chi connectivity index (χ1n) is 12.3. The molecule has 2 heterocycles. The van der Waals surface area contributed by atoms with Crippen LogP contribution in [0.5, 0.6) is 0 Å². The van der Waals surface area contributed by atoms with Gasteiger partial charge in [-0.1, -0.05) is 86.1 Å². The Morgan fingerprint density at radius 2 is 1.64 bits per heavy atom. The standard InChI is InChI=1S/C28H29N7O/c1-2-3-12-26-31-35(18-17-21-8-5-4-6-9-21)28(36)34(26)20-22-13-15-23(16-14-22)24-10-7-11-25(19-24)27-29-32-33-30-27/h4-11,13-16,19H,2-3,12,17-18,20H2,1H3,(H,29,30,32,33). The van der Waals surface area contributed by atoms with E-state index in [9.17, 15) is 4.79 Å². The third-order valence-electron chi connectivity index (χ3n) is 6.30. The molecule has 8 heteroatoms. The second kappa shape index (κ2) is 10.9. The molecular formula is C28H29N7O. The van der Waals surface area contributed by atoms with Crippen LogP contribution in [0, 0.1) is 0 Å². The average molecular weight is 480 g/mol. The number of nitrogens with zero attached hydrogens (tertiary/aromatic N) is 6. The molecule has 36 heavy (non-hydrogen) atoms. The first kappa shape index (κ1) is 23.4. The molecule has 0 fully saturated rings. The highest BCUT2D eigenvalue weighted by Gasteiger charge is 2.14. The molecule has 2 aromatic heterocycles. The van der Waals surface area contributed by atoms with Crippen LogP contribution in [0.1, 0.15) is 36.7 Å². The van der Waals surface area contributed by atoms with Gasteiger partial charge in [0.1, 0.15) is 5.82 Å². The maximum Gasteiger partial charge on any atom is 0.346 e. The van der Waals surface area contributed by atoms with Crippen LogP contribution in [0.3, 0.4) is 0 Å². The van der Waals surface area contributed by atoms with Gasteiger partial charge >= 0.3 is 5.69 Å². The molecular weight excluding hydrogens is 450 g/mol. The van der Waals surface area contributed by atoms with E-state index in [1.807, 2.05) is 41.0 Å². The molecule has 0 saturated heterocycles. The quantitative estimate of drug-likeness (QED) is 0.318. The van der Waals surface area contributed by atoms with Crippen molar-refractivity contribution in [3.8, 4) is 22.5 Å². The zero-order valence-electron chi connectivity index (χ0n) is 20.3. The molecule has 1 N–H and O–H groups in total. The van der Waals surface area contributed by atoms with E-state index in [4.69, 9.17) is 5.10 Å². The minimum Gasteiger partial charge on any atom is -0.274 e. The highest BCUT2D eigenvalue weighted by atomic mass is 16.2. The van der Waals surface area contributed by atoms with Gasteiger partial charge in [0, 0.05) is 12.0 Å². The van der Waals surface area contributed by atoms with Crippen LogP contribution in [0.4, 0.5) is 0 Å². The van der Waals surface area contributed by atoms with Crippen LogP contribution >= 0.6 is 0 Å². The zero-order valence-corrected chi connectivity index (χ0v) is 20.3. The molecule has 182 valence electrons. The lowest BCUT2D eigenvalue weighted by Gasteiger charge is -2.08. The molecule has 0 aliphatic carbocycles. The number of aromatic amines is 1. The Bertz CT molecular complexity index is 1450. The largest absolute Gasteiger partial charge is 0.346 e. The number of tetrazole rings is 1. The van der Waals surface area contributed by atoms with Gasteiger partial charge in [-0.2, -0.15) is 10.3 Å². The average Bonchev–Trinajstić information content (AvgIpc) is 3.57. The Morgan fingerprint density at radius 1 is 0.833 bits per heavy atom. The molecule has 0 radical (unpaired) electrons. The van der Waals surface area contributed by atoms with Gasteiger partial charge in [-0.3, -0.25) is 4.57 Å². The van der Waals surface area contributed by atoms with E-state index in [1.165, 1.54) is 5.56 Å². The summed E-state index contributed by atoms with van der Waals surface area (Å²) < 4.78 is 3.45. The van der Waals surface area contributed by atoms with Crippen molar-refractivity contribution in [1.82, 2.24) is 35.0 Å². The van der Waals surface area contributed by atoms with Gasteiger partial charge in [0.2, 0.25) is 5.82 Å². The molecule has 0 aliphatic heterocycles. The Labute approximate surface area is 209 Å². The van der Waals surface area contributed by atoms with E-state index in [1.54, 1.807) is 4.68 Å². The minimum absolute atomic E-state index is 0.0473. The molecule has 8 nitrogen and oxygen atoms in total. The summed E-state index contributed by atoms with van der Waals surface area (Å²) in [7, 11) is 0. The summed E-state index contributed by atoms with van der Waals surface area (Å²) in [5.41, 5.74) is 5.28. The van der Waals surface area contributed by atoms with Gasteiger partial charge in [-0.05, 0) is 46.4 Å². The van der Waals surface area contributed by atoms with Gasteiger partial charge in [-0.25, -0.2) is 9.48 Å². The van der Waals surface area contributed by atoms with E-state index in [2.05, 4.69) is 70.0 Å². The fourth-order valence-electron chi connectivity index (χ4n) is 4.30. The lowest BCUT2D eigenvalue weighted by molar-refractivity contribution is 0.578. The van der Waals surface area contributed by atoms with Crippen molar-refractivity contribution in [3.05, 3.63) is 106 Å². The summed E-state index contributed by atoms with van der Waals surface area (Å²) in [4.78, 5) is 13.3. The fraction of sp³-hybridized carbons (Fsp3) is 0.250. The van der Waals surface area contributed by atoms with Crippen molar-refractivity contribution in [3.63, 3.8) is 0 Å². The monoisotopic (exact) mass is 479 g/mol. The predicted octanol–water partition coefficient (Wildman–Crippen LogP) is 4.53. The Balaban J connectivity index is 1.35. The van der Waals surface area contributed by atoms with Crippen LogP contribution in [-0.2, 0) is 25.9 Å². The third kappa shape index (κ3) is 5.33. The molecule has 0 bridgehead atoms. The smallest absolute Gasteiger partial charge is 0.274 e. The van der Waals surface area contributed by atoms with E-state index < -0.39 is 0 Å². The van der Waals surface area contributed by atoms with Crippen molar-refractivity contribution >= 4 is 0 Å². The van der Waals surface area contributed by atoms with Crippen LogP contribution in [-0.4, -0.2) is 35.0 Å². The van der Waals surface area contributed by atoms with Crippen LogP contribution < -0.4 is 5.69 Å². The molecule has 5 aromatic rings. The Hall–Kier alpha value is -4.33. The van der Waals surface area contributed by atoms with Crippen molar-refractivity contribution in [1.29, 1.82) is 0 Å². The Kier molecular flexibility index (Phi) is 7.12. The van der Waals surface area contributed by atoms with Gasteiger partial charge in [-0.15, -0.1) is 10.2 Å². The van der Waals surface area contributed by atoms with E-state index in [0.717, 1.165) is 53.8 Å². The lowest BCUT2D eigenvalue weighted by Crippen LogP contribution is -2.26. The summed E-state index contributed by atoms with van der Waals surface area (Å²) in [5, 5.41) is 19.0. The number of rotatable bonds is 10. The molecule has 0 atom stereocenters. The summed E-state index contributed by atoms with van der Waals surface area (Å²) in [5.74, 6) is 1.42. The molecule has 5 rings (SSSR count). The van der Waals surface area contributed by atoms with E-state index >= 15 is 0 Å². The number of hydrogen-bond acceptors (Lipinski definition) is 5. The minimum atomic E-state index is -0.0473. The molecule has 0 spiro atoms. The summed E-state index contributed by atoms with van der Waals surface area (Å²) in [6.07, 6.45) is 3.64. The van der Waals surface area contributed by atoms with Crippen LogP contribution in [0.15, 0.2) is 83.7 Å². The number of aromatic nitrogens is 7. The first-order chi connectivity index (χ1) is 17.7. The van der Waals surface area contributed by atoms with Crippen molar-refractivity contribution in [2.24, 2.45) is 0 Å². The molecule has 0 saturated carbocycles. The van der Waals surface area contributed by atoms with Gasteiger partial charge < -0.3 is 0 Å². The van der Waals surface area contributed by atoms with Crippen LogP contribution in [0.25, 0.3) is 22.5 Å². The SMILES string of the molecule is CCCCc1nn(CCc2ccccc2)c(=O)n1Cc1ccc(-c2cccc(-c3nn[nH]n3)c2)cc1. The highest BCUT2D eigenvalue weighted by Crippen LogP contribution is 2.24. The first-order valence-corrected chi connectivity index (χ1v) is 12.3. The van der Waals surface area contributed by atoms with Gasteiger partial charge in [0.25, 0.3) is 0 Å². The number of nitrogens with one attached hydrogen (secondary N) is 1. The van der Waals surface area contributed by atoms with Crippen molar-refractivity contribution in [2.45, 2.75) is 45.7 Å². The van der Waals surface area contributed by atoms with Crippen LogP contribution in [0.2, 0.25) is 0 Å². The molecule has 3 aromatic carbocycles. The number of H-pyrrole nitrogens is 1. The molecule has 0 unspecified atom stereocenters. The number of benzene rings is 3. The topological polar surface area (TPSA) is 94.3 Å². The zero-order chi connectivity index (χ0) is 24.7.